The molecule has 0 bridgehead atoms. The monoisotopic (exact) mass is 225 g/mol. The van der Waals surface area contributed by atoms with E-state index < -0.39 is 11.0 Å². The lowest BCUT2D eigenvalue weighted by atomic mass is 9.93. The van der Waals surface area contributed by atoms with E-state index in [0.29, 0.717) is 5.56 Å². The summed E-state index contributed by atoms with van der Waals surface area (Å²) in [6, 6.07) is -0.110. The highest BCUT2D eigenvalue weighted by atomic mass is 16.6. The second-order valence-corrected chi connectivity index (χ2v) is 4.29. The Bertz CT molecular complexity index is 402. The summed E-state index contributed by atoms with van der Waals surface area (Å²) in [4.78, 5) is 10.2. The molecule has 0 saturated heterocycles. The van der Waals surface area contributed by atoms with E-state index in [1.54, 1.807) is 17.8 Å². The molecule has 0 aromatic carbocycles. The minimum atomic E-state index is -0.485. The molecule has 1 aliphatic carbocycles. The molecule has 1 N–H and O–H groups in total. The van der Waals surface area contributed by atoms with E-state index in [2.05, 4.69) is 5.10 Å². The predicted molar refractivity (Wildman–Crippen MR) is 57.1 cm³/mol. The van der Waals surface area contributed by atoms with Crippen molar-refractivity contribution in [1.29, 1.82) is 0 Å². The predicted octanol–water partition coefficient (Wildman–Crippen LogP) is 1.58. The molecule has 1 heterocycles. The van der Waals surface area contributed by atoms with E-state index in [1.165, 1.54) is 0 Å². The van der Waals surface area contributed by atoms with Crippen molar-refractivity contribution in [2.45, 2.75) is 44.8 Å². The number of nitrogens with zero attached hydrogens (tertiary/aromatic N) is 3. The van der Waals surface area contributed by atoms with E-state index in [9.17, 15) is 15.2 Å². The van der Waals surface area contributed by atoms with Gasteiger partial charge in [-0.05, 0) is 24.7 Å². The molecule has 1 aromatic heterocycles. The highest BCUT2D eigenvalue weighted by Crippen LogP contribution is 2.29. The van der Waals surface area contributed by atoms with Gasteiger partial charge in [-0.25, -0.2) is 0 Å². The van der Waals surface area contributed by atoms with Crippen molar-refractivity contribution < 1.29 is 10.0 Å². The molecule has 88 valence electrons. The standard InChI is InChI=1S/C10H15N3O3/c1-7-6-12(11-10(7)13(15)16)8-4-2-3-5-9(8)14/h6,8-9,14H,2-5H2,1H3/t8-,9-/m0/s1. The van der Waals surface area contributed by atoms with Crippen LogP contribution in [0.15, 0.2) is 6.20 Å². The first-order valence-electron chi connectivity index (χ1n) is 5.48. The Hall–Kier alpha value is -1.43. The second kappa shape index (κ2) is 4.21. The first kappa shape index (κ1) is 11.1. The lowest BCUT2D eigenvalue weighted by molar-refractivity contribution is -0.390. The topological polar surface area (TPSA) is 81.2 Å². The Kier molecular flexibility index (Phi) is 2.91. The van der Waals surface area contributed by atoms with Gasteiger partial charge in [0.15, 0.2) is 0 Å². The second-order valence-electron chi connectivity index (χ2n) is 4.29. The Morgan fingerprint density at radius 2 is 2.25 bits per heavy atom. The van der Waals surface area contributed by atoms with Crippen molar-refractivity contribution in [2.24, 2.45) is 0 Å². The van der Waals surface area contributed by atoms with Crippen molar-refractivity contribution in [3.8, 4) is 0 Å². The number of aryl methyl sites for hydroxylation is 1. The lowest BCUT2D eigenvalue weighted by Crippen LogP contribution is -2.27. The zero-order chi connectivity index (χ0) is 11.7. The average molecular weight is 225 g/mol. The molecule has 2 rings (SSSR count). The van der Waals surface area contributed by atoms with E-state index in [1.807, 2.05) is 0 Å². The van der Waals surface area contributed by atoms with Gasteiger partial charge in [0.1, 0.15) is 0 Å². The number of aromatic nitrogens is 2. The van der Waals surface area contributed by atoms with E-state index in [-0.39, 0.29) is 11.9 Å². The van der Waals surface area contributed by atoms with Gasteiger partial charge in [-0.15, -0.1) is 0 Å². The molecule has 0 amide bonds. The fourth-order valence-corrected chi connectivity index (χ4v) is 2.22. The van der Waals surface area contributed by atoms with Gasteiger partial charge in [0.05, 0.1) is 29.0 Å². The normalized spacial score (nSPS) is 25.6. The number of hydrogen-bond acceptors (Lipinski definition) is 4. The number of aliphatic hydroxyl groups excluding tert-OH is 1. The van der Waals surface area contributed by atoms with Gasteiger partial charge in [-0.2, -0.15) is 4.68 Å². The molecule has 6 heteroatoms. The summed E-state index contributed by atoms with van der Waals surface area (Å²) >= 11 is 0. The summed E-state index contributed by atoms with van der Waals surface area (Å²) in [5, 5.41) is 24.4. The number of aliphatic hydroxyl groups is 1. The third-order valence-corrected chi connectivity index (χ3v) is 3.10. The molecule has 2 atom stereocenters. The van der Waals surface area contributed by atoms with Crippen molar-refractivity contribution in [3.05, 3.63) is 21.9 Å². The molecule has 1 fully saturated rings. The molecule has 16 heavy (non-hydrogen) atoms. The maximum Gasteiger partial charge on any atom is 0.392 e. The summed E-state index contributed by atoms with van der Waals surface area (Å²) < 4.78 is 1.55. The molecule has 0 spiro atoms. The van der Waals surface area contributed by atoms with Gasteiger partial charge >= 0.3 is 5.82 Å². The number of hydrogen-bond donors (Lipinski definition) is 1. The Labute approximate surface area is 93.0 Å². The fourth-order valence-electron chi connectivity index (χ4n) is 2.22. The van der Waals surface area contributed by atoms with Crippen molar-refractivity contribution in [2.75, 3.05) is 0 Å². The molecule has 0 radical (unpaired) electrons. The summed E-state index contributed by atoms with van der Waals surface area (Å²) in [7, 11) is 0. The van der Waals surface area contributed by atoms with Crippen molar-refractivity contribution in [1.82, 2.24) is 9.78 Å². The quantitative estimate of drug-likeness (QED) is 0.612. The van der Waals surface area contributed by atoms with Gasteiger partial charge in [0.25, 0.3) is 0 Å². The maximum atomic E-state index is 10.7. The van der Waals surface area contributed by atoms with Crippen LogP contribution in [0.25, 0.3) is 0 Å². The molecule has 0 unspecified atom stereocenters. The minimum absolute atomic E-state index is 0.110. The lowest BCUT2D eigenvalue weighted by Gasteiger charge is -2.25. The number of nitro groups is 1. The first-order chi connectivity index (χ1) is 7.59. The van der Waals surface area contributed by atoms with Gasteiger partial charge in [0.2, 0.25) is 0 Å². The minimum Gasteiger partial charge on any atom is -0.391 e. The molecule has 1 aliphatic rings. The number of rotatable bonds is 2. The van der Waals surface area contributed by atoms with Crippen LogP contribution in [0, 0.1) is 17.0 Å². The summed E-state index contributed by atoms with van der Waals surface area (Å²) in [6.45, 7) is 1.66. The highest BCUT2D eigenvalue weighted by molar-refractivity contribution is 5.28. The third kappa shape index (κ3) is 1.92. The van der Waals surface area contributed by atoms with Crippen molar-refractivity contribution in [3.63, 3.8) is 0 Å². The highest BCUT2D eigenvalue weighted by Gasteiger charge is 2.29. The first-order valence-corrected chi connectivity index (χ1v) is 5.48. The summed E-state index contributed by atoms with van der Waals surface area (Å²) in [5.74, 6) is -0.113. The Morgan fingerprint density at radius 3 is 2.81 bits per heavy atom. The van der Waals surface area contributed by atoms with Crippen LogP contribution in [0.4, 0.5) is 5.82 Å². The zero-order valence-corrected chi connectivity index (χ0v) is 9.17. The largest absolute Gasteiger partial charge is 0.392 e. The molecule has 6 nitrogen and oxygen atoms in total. The summed E-state index contributed by atoms with van der Waals surface area (Å²) in [6.07, 6.45) is 4.84. The molecule has 1 saturated carbocycles. The SMILES string of the molecule is Cc1cn([C@H]2CCCC[C@@H]2O)nc1[N+](=O)[O-]. The van der Waals surface area contributed by atoms with Crippen LogP contribution in [0.1, 0.15) is 37.3 Å². The van der Waals surface area contributed by atoms with E-state index in [0.717, 1.165) is 25.7 Å². The van der Waals surface area contributed by atoms with E-state index >= 15 is 0 Å². The van der Waals surface area contributed by atoms with Crippen LogP contribution in [0.5, 0.6) is 0 Å². The smallest absolute Gasteiger partial charge is 0.391 e. The van der Waals surface area contributed by atoms with Crippen molar-refractivity contribution >= 4 is 5.82 Å². The molecular formula is C10H15N3O3. The molecular weight excluding hydrogens is 210 g/mol. The zero-order valence-electron chi connectivity index (χ0n) is 9.17. The van der Waals surface area contributed by atoms with E-state index in [4.69, 9.17) is 0 Å². The van der Waals surface area contributed by atoms with Gasteiger partial charge < -0.3 is 15.2 Å². The molecule has 0 aliphatic heterocycles. The van der Waals surface area contributed by atoms with Crippen LogP contribution >= 0.6 is 0 Å². The average Bonchev–Trinajstić information content (AvgIpc) is 2.61. The van der Waals surface area contributed by atoms with Crippen LogP contribution in [-0.2, 0) is 0 Å². The van der Waals surface area contributed by atoms with Gasteiger partial charge in [0, 0.05) is 0 Å². The van der Waals surface area contributed by atoms with Crippen LogP contribution in [-0.4, -0.2) is 25.9 Å². The van der Waals surface area contributed by atoms with Crippen LogP contribution in [0.3, 0.4) is 0 Å². The maximum absolute atomic E-state index is 10.7. The van der Waals surface area contributed by atoms with Crippen LogP contribution in [0.2, 0.25) is 0 Å². The van der Waals surface area contributed by atoms with Gasteiger partial charge in [-0.1, -0.05) is 12.8 Å². The Balaban J connectivity index is 2.26. The fraction of sp³-hybridized carbons (Fsp3) is 0.700. The third-order valence-electron chi connectivity index (χ3n) is 3.10. The summed E-state index contributed by atoms with van der Waals surface area (Å²) in [5.41, 5.74) is 0.544. The van der Waals surface area contributed by atoms with Crippen LogP contribution < -0.4 is 0 Å². The Morgan fingerprint density at radius 1 is 1.56 bits per heavy atom. The van der Waals surface area contributed by atoms with Gasteiger partial charge in [-0.3, -0.25) is 0 Å². The molecule has 1 aromatic rings.